The van der Waals surface area contributed by atoms with Crippen molar-refractivity contribution >= 4 is 0 Å². The molecule has 0 saturated carbocycles. The van der Waals surface area contributed by atoms with Crippen molar-refractivity contribution < 1.29 is 0 Å². The highest BCUT2D eigenvalue weighted by atomic mass is 15.2. The van der Waals surface area contributed by atoms with Gasteiger partial charge in [-0.3, -0.25) is 4.90 Å². The van der Waals surface area contributed by atoms with Crippen LogP contribution in [0.15, 0.2) is 30.3 Å². The minimum atomic E-state index is 0.0951. The van der Waals surface area contributed by atoms with Gasteiger partial charge < -0.3 is 5.73 Å². The second-order valence-corrected chi connectivity index (χ2v) is 5.29. The molecule has 1 heterocycles. The Morgan fingerprint density at radius 1 is 1.24 bits per heavy atom. The molecule has 2 atom stereocenters. The van der Waals surface area contributed by atoms with E-state index in [0.29, 0.717) is 0 Å². The lowest BCUT2D eigenvalue weighted by Gasteiger charge is -2.43. The Kier molecular flexibility index (Phi) is 3.85. The van der Waals surface area contributed by atoms with Crippen LogP contribution in [-0.2, 0) is 0 Å². The Balaban J connectivity index is 2.22. The summed E-state index contributed by atoms with van der Waals surface area (Å²) in [7, 11) is 0. The van der Waals surface area contributed by atoms with Crippen molar-refractivity contribution in [3.05, 3.63) is 35.9 Å². The zero-order valence-corrected chi connectivity index (χ0v) is 11.0. The van der Waals surface area contributed by atoms with E-state index in [-0.39, 0.29) is 11.6 Å². The molecule has 17 heavy (non-hydrogen) atoms. The molecule has 2 heteroatoms. The van der Waals surface area contributed by atoms with E-state index in [0.717, 1.165) is 6.42 Å². The van der Waals surface area contributed by atoms with Gasteiger partial charge in [0.05, 0.1) is 0 Å². The fourth-order valence-corrected chi connectivity index (χ4v) is 2.89. The molecular weight excluding hydrogens is 208 g/mol. The van der Waals surface area contributed by atoms with Gasteiger partial charge in [0, 0.05) is 11.6 Å². The van der Waals surface area contributed by atoms with Crippen LogP contribution in [0, 0.1) is 0 Å². The van der Waals surface area contributed by atoms with Crippen LogP contribution in [0.4, 0.5) is 0 Å². The molecule has 0 amide bonds. The van der Waals surface area contributed by atoms with Gasteiger partial charge in [0.2, 0.25) is 0 Å². The van der Waals surface area contributed by atoms with E-state index in [2.05, 4.69) is 49.1 Å². The Hall–Kier alpha value is -0.860. The standard InChI is InChI=1S/C15H24N2/c1-3-15(2,17-11-7-8-12-17)14(16)13-9-5-4-6-10-13/h4-6,9-10,14H,3,7-8,11-12,16H2,1-2H3/t14-,15-/m0/s1. The minimum absolute atomic E-state index is 0.0951. The molecular formula is C15H24N2. The summed E-state index contributed by atoms with van der Waals surface area (Å²) < 4.78 is 0. The second kappa shape index (κ2) is 5.19. The van der Waals surface area contributed by atoms with Crippen LogP contribution >= 0.6 is 0 Å². The summed E-state index contributed by atoms with van der Waals surface area (Å²) in [6.45, 7) is 6.97. The number of benzene rings is 1. The lowest BCUT2D eigenvalue weighted by Crippen LogP contribution is -2.51. The van der Waals surface area contributed by atoms with E-state index in [1.807, 2.05) is 0 Å². The van der Waals surface area contributed by atoms with Crippen LogP contribution in [0.5, 0.6) is 0 Å². The predicted molar refractivity (Wildman–Crippen MR) is 72.9 cm³/mol. The van der Waals surface area contributed by atoms with E-state index in [1.165, 1.54) is 31.5 Å². The Morgan fingerprint density at radius 3 is 2.35 bits per heavy atom. The highest BCUT2D eigenvalue weighted by Crippen LogP contribution is 2.34. The first-order valence-corrected chi connectivity index (χ1v) is 6.74. The van der Waals surface area contributed by atoms with Crippen molar-refractivity contribution in [1.29, 1.82) is 0 Å². The molecule has 2 N–H and O–H groups in total. The summed E-state index contributed by atoms with van der Waals surface area (Å²) in [5, 5.41) is 0. The van der Waals surface area contributed by atoms with Crippen molar-refractivity contribution in [2.75, 3.05) is 13.1 Å². The van der Waals surface area contributed by atoms with E-state index in [9.17, 15) is 0 Å². The molecule has 0 aromatic heterocycles. The van der Waals surface area contributed by atoms with Crippen LogP contribution in [0.25, 0.3) is 0 Å². The third-order valence-corrected chi connectivity index (χ3v) is 4.37. The van der Waals surface area contributed by atoms with Gasteiger partial charge in [0.25, 0.3) is 0 Å². The summed E-state index contributed by atoms with van der Waals surface area (Å²) in [5.74, 6) is 0. The Bertz CT molecular complexity index is 343. The average Bonchev–Trinajstić information content (AvgIpc) is 2.92. The molecule has 0 bridgehead atoms. The highest BCUT2D eigenvalue weighted by Gasteiger charge is 2.38. The zero-order chi connectivity index (χ0) is 12.3. The van der Waals surface area contributed by atoms with E-state index >= 15 is 0 Å². The predicted octanol–water partition coefficient (Wildman–Crippen LogP) is 2.95. The van der Waals surface area contributed by atoms with Crippen LogP contribution in [0.3, 0.4) is 0 Å². The monoisotopic (exact) mass is 232 g/mol. The van der Waals surface area contributed by atoms with Gasteiger partial charge in [0.15, 0.2) is 0 Å². The SMILES string of the molecule is CC[C@@](C)([C@@H](N)c1ccccc1)N1CCCC1. The number of rotatable bonds is 4. The number of likely N-dealkylation sites (tertiary alicyclic amines) is 1. The molecule has 1 aromatic rings. The van der Waals surface area contributed by atoms with Crippen molar-refractivity contribution in [3.8, 4) is 0 Å². The van der Waals surface area contributed by atoms with Crippen LogP contribution < -0.4 is 5.73 Å². The molecule has 2 nitrogen and oxygen atoms in total. The first-order valence-electron chi connectivity index (χ1n) is 6.74. The maximum Gasteiger partial charge on any atom is 0.0479 e. The van der Waals surface area contributed by atoms with Gasteiger partial charge in [-0.15, -0.1) is 0 Å². The highest BCUT2D eigenvalue weighted by molar-refractivity contribution is 5.22. The molecule has 0 spiro atoms. The maximum atomic E-state index is 6.52. The summed E-state index contributed by atoms with van der Waals surface area (Å²) >= 11 is 0. The number of hydrogen-bond donors (Lipinski definition) is 1. The molecule has 1 aromatic carbocycles. The topological polar surface area (TPSA) is 29.3 Å². The second-order valence-electron chi connectivity index (χ2n) is 5.29. The average molecular weight is 232 g/mol. The van der Waals surface area contributed by atoms with Gasteiger partial charge in [-0.2, -0.15) is 0 Å². The molecule has 2 rings (SSSR count). The Labute approximate surface area is 105 Å². The van der Waals surface area contributed by atoms with Gasteiger partial charge in [0.1, 0.15) is 0 Å². The third kappa shape index (κ3) is 2.38. The molecule has 0 unspecified atom stereocenters. The molecule has 0 radical (unpaired) electrons. The Morgan fingerprint density at radius 2 is 1.82 bits per heavy atom. The van der Waals surface area contributed by atoms with Crippen LogP contribution in [0.2, 0.25) is 0 Å². The fourth-order valence-electron chi connectivity index (χ4n) is 2.89. The van der Waals surface area contributed by atoms with Gasteiger partial charge in [-0.1, -0.05) is 37.3 Å². The molecule has 94 valence electrons. The van der Waals surface area contributed by atoms with Crippen molar-refractivity contribution in [2.45, 2.75) is 44.7 Å². The summed E-state index contributed by atoms with van der Waals surface area (Å²) in [5.41, 5.74) is 7.87. The summed E-state index contributed by atoms with van der Waals surface area (Å²) in [6, 6.07) is 10.6. The summed E-state index contributed by atoms with van der Waals surface area (Å²) in [6.07, 6.45) is 3.73. The molecule has 0 aliphatic carbocycles. The molecule has 1 saturated heterocycles. The van der Waals surface area contributed by atoms with Crippen LogP contribution in [0.1, 0.15) is 44.7 Å². The lowest BCUT2D eigenvalue weighted by atomic mass is 9.84. The van der Waals surface area contributed by atoms with E-state index in [4.69, 9.17) is 5.73 Å². The largest absolute Gasteiger partial charge is 0.322 e. The quantitative estimate of drug-likeness (QED) is 0.865. The normalized spacial score (nSPS) is 22.3. The number of nitrogens with zero attached hydrogens (tertiary/aromatic N) is 1. The van der Waals surface area contributed by atoms with Crippen molar-refractivity contribution in [2.24, 2.45) is 5.73 Å². The van der Waals surface area contributed by atoms with Crippen molar-refractivity contribution in [3.63, 3.8) is 0 Å². The smallest absolute Gasteiger partial charge is 0.0479 e. The number of nitrogens with two attached hydrogens (primary N) is 1. The van der Waals surface area contributed by atoms with E-state index in [1.54, 1.807) is 0 Å². The van der Waals surface area contributed by atoms with Crippen molar-refractivity contribution in [1.82, 2.24) is 4.90 Å². The van der Waals surface area contributed by atoms with Gasteiger partial charge >= 0.3 is 0 Å². The minimum Gasteiger partial charge on any atom is -0.322 e. The first kappa shape index (κ1) is 12.6. The van der Waals surface area contributed by atoms with Gasteiger partial charge in [-0.25, -0.2) is 0 Å². The molecule has 1 aliphatic heterocycles. The molecule has 1 aliphatic rings. The third-order valence-electron chi connectivity index (χ3n) is 4.37. The van der Waals surface area contributed by atoms with E-state index < -0.39 is 0 Å². The first-order chi connectivity index (χ1) is 8.18. The van der Waals surface area contributed by atoms with Crippen LogP contribution in [-0.4, -0.2) is 23.5 Å². The number of hydrogen-bond acceptors (Lipinski definition) is 2. The van der Waals surface area contributed by atoms with Gasteiger partial charge in [-0.05, 0) is 44.8 Å². The maximum absolute atomic E-state index is 6.52. The lowest BCUT2D eigenvalue weighted by molar-refractivity contribution is 0.100. The zero-order valence-electron chi connectivity index (χ0n) is 11.0. The molecule has 1 fully saturated rings. The fraction of sp³-hybridized carbons (Fsp3) is 0.600. The summed E-state index contributed by atoms with van der Waals surface area (Å²) in [4.78, 5) is 2.57.